The summed E-state index contributed by atoms with van der Waals surface area (Å²) in [6, 6.07) is 1.85. The number of carboxylic acid groups (broad SMARTS) is 1. The quantitative estimate of drug-likeness (QED) is 0.659. The molecule has 0 radical (unpaired) electrons. The first-order valence-electron chi connectivity index (χ1n) is 4.53. The molecule has 0 aliphatic rings. The topological polar surface area (TPSA) is 61.1 Å². The van der Waals surface area contributed by atoms with Crippen LogP contribution in [0, 0.1) is 16.7 Å². The highest BCUT2D eigenvalue weighted by molar-refractivity contribution is 5.78. The number of nitrogens with zero attached hydrogens (tertiary/aromatic N) is 1. The van der Waals surface area contributed by atoms with Crippen LogP contribution in [0.3, 0.4) is 0 Å². The van der Waals surface area contributed by atoms with Crippen LogP contribution in [0.25, 0.3) is 0 Å². The number of allylic oxidation sites excluding steroid dienone is 3. The van der Waals surface area contributed by atoms with E-state index in [-0.39, 0.29) is 12.8 Å². The molecule has 0 aromatic heterocycles. The SMILES string of the molecule is C=CCC(C#N)(CC=CCC)C(=O)O. The Morgan fingerprint density at radius 3 is 2.57 bits per heavy atom. The molecule has 0 saturated carbocycles. The van der Waals surface area contributed by atoms with E-state index in [9.17, 15) is 4.79 Å². The summed E-state index contributed by atoms with van der Waals surface area (Å²) in [7, 11) is 0. The molecule has 0 aliphatic heterocycles. The normalized spacial score (nSPS) is 14.6. The molecule has 0 bridgehead atoms. The summed E-state index contributed by atoms with van der Waals surface area (Å²) in [6.07, 6.45) is 6.32. The zero-order chi connectivity index (χ0) is 11.0. The van der Waals surface area contributed by atoms with E-state index in [2.05, 4.69) is 6.58 Å². The third-order valence-corrected chi connectivity index (χ3v) is 1.98. The molecular weight excluding hydrogens is 178 g/mol. The molecular formula is C11H15NO2. The van der Waals surface area contributed by atoms with Gasteiger partial charge in [-0.05, 0) is 19.3 Å². The van der Waals surface area contributed by atoms with Gasteiger partial charge in [-0.25, -0.2) is 0 Å². The van der Waals surface area contributed by atoms with E-state index in [4.69, 9.17) is 10.4 Å². The first kappa shape index (κ1) is 12.4. The van der Waals surface area contributed by atoms with Crippen LogP contribution in [0.15, 0.2) is 24.8 Å². The molecule has 3 heteroatoms. The van der Waals surface area contributed by atoms with Crippen molar-refractivity contribution in [3.8, 4) is 6.07 Å². The standard InChI is InChI=1S/C11H15NO2/c1-3-5-6-8-11(9-12,7-4-2)10(13)14/h4-6H,2-3,7-8H2,1H3,(H,13,14). The van der Waals surface area contributed by atoms with Crippen LogP contribution in [0.5, 0.6) is 0 Å². The highest BCUT2D eigenvalue weighted by Gasteiger charge is 2.36. The number of aliphatic carboxylic acids is 1. The molecule has 76 valence electrons. The predicted molar refractivity (Wildman–Crippen MR) is 54.5 cm³/mol. The van der Waals surface area contributed by atoms with Gasteiger partial charge in [0.15, 0.2) is 5.41 Å². The molecule has 0 aromatic carbocycles. The summed E-state index contributed by atoms with van der Waals surface area (Å²) in [5.74, 6) is -1.08. The van der Waals surface area contributed by atoms with Crippen LogP contribution >= 0.6 is 0 Å². The lowest BCUT2D eigenvalue weighted by Gasteiger charge is -2.17. The second-order valence-corrected chi connectivity index (χ2v) is 3.08. The maximum atomic E-state index is 10.9. The van der Waals surface area contributed by atoms with Crippen molar-refractivity contribution in [3.63, 3.8) is 0 Å². The van der Waals surface area contributed by atoms with E-state index in [1.165, 1.54) is 6.08 Å². The average molecular weight is 193 g/mol. The molecule has 0 saturated heterocycles. The predicted octanol–water partition coefficient (Wildman–Crippen LogP) is 2.51. The van der Waals surface area contributed by atoms with Gasteiger partial charge in [0, 0.05) is 0 Å². The first-order chi connectivity index (χ1) is 6.63. The maximum Gasteiger partial charge on any atom is 0.324 e. The fraction of sp³-hybridized carbons (Fsp3) is 0.455. The fourth-order valence-electron chi connectivity index (χ4n) is 1.09. The number of rotatable bonds is 6. The van der Waals surface area contributed by atoms with Crippen molar-refractivity contribution in [3.05, 3.63) is 24.8 Å². The van der Waals surface area contributed by atoms with Crippen LogP contribution in [0.1, 0.15) is 26.2 Å². The lowest BCUT2D eigenvalue weighted by molar-refractivity contribution is -0.145. The second kappa shape index (κ2) is 5.98. The van der Waals surface area contributed by atoms with E-state index in [1.807, 2.05) is 19.1 Å². The van der Waals surface area contributed by atoms with E-state index < -0.39 is 11.4 Å². The van der Waals surface area contributed by atoms with E-state index in [0.717, 1.165) is 6.42 Å². The molecule has 0 spiro atoms. The van der Waals surface area contributed by atoms with E-state index in [1.54, 1.807) is 6.08 Å². The van der Waals surface area contributed by atoms with Gasteiger partial charge in [0.1, 0.15) is 0 Å². The van der Waals surface area contributed by atoms with Crippen molar-refractivity contribution in [2.45, 2.75) is 26.2 Å². The molecule has 1 N–H and O–H groups in total. The summed E-state index contributed by atoms with van der Waals surface area (Å²) < 4.78 is 0. The Labute approximate surface area is 84.4 Å². The molecule has 1 unspecified atom stereocenters. The van der Waals surface area contributed by atoms with E-state index >= 15 is 0 Å². The van der Waals surface area contributed by atoms with Crippen LogP contribution in [0.4, 0.5) is 0 Å². The highest BCUT2D eigenvalue weighted by atomic mass is 16.4. The minimum absolute atomic E-state index is 0.173. The lowest BCUT2D eigenvalue weighted by atomic mass is 9.82. The van der Waals surface area contributed by atoms with Crippen molar-refractivity contribution in [1.29, 1.82) is 5.26 Å². The summed E-state index contributed by atoms with van der Waals surface area (Å²) >= 11 is 0. The molecule has 1 atom stereocenters. The molecule has 0 fully saturated rings. The molecule has 0 rings (SSSR count). The van der Waals surface area contributed by atoms with Gasteiger partial charge in [-0.3, -0.25) is 4.79 Å². The Kier molecular flexibility index (Phi) is 5.31. The van der Waals surface area contributed by atoms with Crippen LogP contribution in [0.2, 0.25) is 0 Å². The minimum atomic E-state index is -1.34. The van der Waals surface area contributed by atoms with Gasteiger partial charge >= 0.3 is 5.97 Å². The zero-order valence-electron chi connectivity index (χ0n) is 8.36. The van der Waals surface area contributed by atoms with Gasteiger partial charge in [0.05, 0.1) is 6.07 Å². The third kappa shape index (κ3) is 3.06. The van der Waals surface area contributed by atoms with Gasteiger partial charge in [-0.2, -0.15) is 5.26 Å². The third-order valence-electron chi connectivity index (χ3n) is 1.98. The van der Waals surface area contributed by atoms with Crippen molar-refractivity contribution in [2.24, 2.45) is 5.41 Å². The molecule has 14 heavy (non-hydrogen) atoms. The number of hydrogen-bond acceptors (Lipinski definition) is 2. The largest absolute Gasteiger partial charge is 0.480 e. The van der Waals surface area contributed by atoms with Gasteiger partial charge in [-0.1, -0.05) is 25.2 Å². The lowest BCUT2D eigenvalue weighted by Crippen LogP contribution is -2.28. The number of carboxylic acids is 1. The van der Waals surface area contributed by atoms with Gasteiger partial charge < -0.3 is 5.11 Å². The zero-order valence-corrected chi connectivity index (χ0v) is 8.36. The number of carbonyl (C=O) groups is 1. The van der Waals surface area contributed by atoms with Crippen LogP contribution in [-0.4, -0.2) is 11.1 Å². The highest BCUT2D eigenvalue weighted by Crippen LogP contribution is 2.27. The number of hydrogen-bond donors (Lipinski definition) is 1. The average Bonchev–Trinajstić information content (AvgIpc) is 2.16. The first-order valence-corrected chi connectivity index (χ1v) is 4.53. The molecule has 0 aliphatic carbocycles. The Morgan fingerprint density at radius 2 is 2.21 bits per heavy atom. The maximum absolute atomic E-state index is 10.9. The molecule has 0 aromatic rings. The van der Waals surface area contributed by atoms with Crippen molar-refractivity contribution in [2.75, 3.05) is 0 Å². The van der Waals surface area contributed by atoms with Crippen molar-refractivity contribution in [1.82, 2.24) is 0 Å². The Bertz CT molecular complexity index is 276. The summed E-state index contributed by atoms with van der Waals surface area (Å²) in [5.41, 5.74) is -1.34. The van der Waals surface area contributed by atoms with Crippen LogP contribution < -0.4 is 0 Å². The van der Waals surface area contributed by atoms with Gasteiger partial charge in [0.25, 0.3) is 0 Å². The minimum Gasteiger partial charge on any atom is -0.480 e. The van der Waals surface area contributed by atoms with Gasteiger partial charge in [-0.15, -0.1) is 6.58 Å². The van der Waals surface area contributed by atoms with Gasteiger partial charge in [0.2, 0.25) is 0 Å². The number of nitriles is 1. The van der Waals surface area contributed by atoms with E-state index in [0.29, 0.717) is 0 Å². The van der Waals surface area contributed by atoms with Crippen molar-refractivity contribution < 1.29 is 9.90 Å². The summed E-state index contributed by atoms with van der Waals surface area (Å²) in [4.78, 5) is 10.9. The van der Waals surface area contributed by atoms with Crippen LogP contribution in [-0.2, 0) is 4.79 Å². The second-order valence-electron chi connectivity index (χ2n) is 3.08. The summed E-state index contributed by atoms with van der Waals surface area (Å²) in [6.45, 7) is 5.42. The molecule has 0 amide bonds. The summed E-state index contributed by atoms with van der Waals surface area (Å²) in [5, 5.41) is 17.8. The molecule has 0 heterocycles. The Morgan fingerprint density at radius 1 is 1.57 bits per heavy atom. The molecule has 3 nitrogen and oxygen atoms in total. The fourth-order valence-corrected chi connectivity index (χ4v) is 1.09. The van der Waals surface area contributed by atoms with Crippen molar-refractivity contribution >= 4 is 5.97 Å². The Balaban J connectivity index is 4.69. The Hall–Kier alpha value is -1.56. The monoisotopic (exact) mass is 193 g/mol. The smallest absolute Gasteiger partial charge is 0.324 e.